The highest BCUT2D eigenvalue weighted by Crippen LogP contribution is 2.14. The van der Waals surface area contributed by atoms with Gasteiger partial charge >= 0.3 is 5.97 Å². The summed E-state index contributed by atoms with van der Waals surface area (Å²) < 4.78 is 0. The number of benzene rings is 1. The molecule has 0 fully saturated rings. The number of aliphatic hydroxyl groups excluding tert-OH is 1. The summed E-state index contributed by atoms with van der Waals surface area (Å²) >= 11 is 0. The number of hydrogen-bond acceptors (Lipinski definition) is 3. The largest absolute Gasteiger partial charge is 0.478 e. The van der Waals surface area contributed by atoms with Crippen molar-refractivity contribution >= 4 is 5.97 Å². The van der Waals surface area contributed by atoms with E-state index in [9.17, 15) is 4.79 Å². The van der Waals surface area contributed by atoms with Crippen LogP contribution in [-0.4, -0.2) is 29.3 Å². The first kappa shape index (κ1) is 12.7. The van der Waals surface area contributed by atoms with Crippen molar-refractivity contribution in [2.45, 2.75) is 19.4 Å². The van der Waals surface area contributed by atoms with Gasteiger partial charge in [0.15, 0.2) is 0 Å². The van der Waals surface area contributed by atoms with Crippen LogP contribution in [-0.2, 0) is 0 Å². The summed E-state index contributed by atoms with van der Waals surface area (Å²) in [6, 6.07) is 6.96. The number of aromatic carboxylic acids is 1. The molecule has 16 heavy (non-hydrogen) atoms. The van der Waals surface area contributed by atoms with Gasteiger partial charge in [-0.1, -0.05) is 12.1 Å². The third kappa shape index (κ3) is 3.64. The Morgan fingerprint density at radius 1 is 1.50 bits per heavy atom. The maximum atomic E-state index is 10.8. The van der Waals surface area contributed by atoms with Crippen molar-refractivity contribution in [3.8, 4) is 0 Å². The van der Waals surface area contributed by atoms with E-state index in [4.69, 9.17) is 10.2 Å². The molecule has 0 amide bonds. The van der Waals surface area contributed by atoms with Gasteiger partial charge in [0.1, 0.15) is 0 Å². The highest BCUT2D eigenvalue weighted by atomic mass is 16.4. The fraction of sp³-hybridized carbons (Fsp3) is 0.417. The predicted molar refractivity (Wildman–Crippen MR) is 61.5 cm³/mol. The third-order valence-corrected chi connectivity index (χ3v) is 2.42. The van der Waals surface area contributed by atoms with Gasteiger partial charge in [-0.15, -0.1) is 0 Å². The van der Waals surface area contributed by atoms with Crippen molar-refractivity contribution < 1.29 is 15.0 Å². The van der Waals surface area contributed by atoms with Crippen LogP contribution in [0.15, 0.2) is 24.3 Å². The average Bonchev–Trinajstić information content (AvgIpc) is 2.29. The first-order chi connectivity index (χ1) is 7.65. The molecule has 0 aliphatic rings. The molecule has 1 atom stereocenters. The maximum Gasteiger partial charge on any atom is 0.335 e. The van der Waals surface area contributed by atoms with Gasteiger partial charge in [0.05, 0.1) is 5.56 Å². The van der Waals surface area contributed by atoms with E-state index in [-0.39, 0.29) is 12.6 Å². The van der Waals surface area contributed by atoms with Crippen LogP contribution in [0.5, 0.6) is 0 Å². The Morgan fingerprint density at radius 2 is 2.25 bits per heavy atom. The molecule has 1 rings (SSSR count). The van der Waals surface area contributed by atoms with E-state index >= 15 is 0 Å². The van der Waals surface area contributed by atoms with Crippen molar-refractivity contribution in [1.82, 2.24) is 5.32 Å². The normalized spacial score (nSPS) is 12.4. The molecule has 0 aliphatic carbocycles. The van der Waals surface area contributed by atoms with E-state index in [1.807, 2.05) is 13.0 Å². The lowest BCUT2D eigenvalue weighted by atomic mass is 10.1. The van der Waals surface area contributed by atoms with E-state index in [1.165, 1.54) is 0 Å². The predicted octanol–water partition coefficient (Wildman–Crippen LogP) is 1.42. The molecule has 0 saturated carbocycles. The molecule has 0 spiro atoms. The summed E-state index contributed by atoms with van der Waals surface area (Å²) in [5, 5.41) is 20.7. The van der Waals surface area contributed by atoms with Crippen LogP contribution in [0.1, 0.15) is 35.3 Å². The van der Waals surface area contributed by atoms with Crippen LogP contribution in [0.25, 0.3) is 0 Å². The van der Waals surface area contributed by atoms with Gasteiger partial charge in [-0.3, -0.25) is 0 Å². The molecule has 0 aromatic heterocycles. The lowest BCUT2D eigenvalue weighted by molar-refractivity contribution is 0.0696. The molecule has 0 aliphatic heterocycles. The minimum atomic E-state index is -0.913. The zero-order valence-electron chi connectivity index (χ0n) is 9.31. The lowest BCUT2D eigenvalue weighted by Gasteiger charge is -2.14. The van der Waals surface area contributed by atoms with Crippen molar-refractivity contribution in [1.29, 1.82) is 0 Å². The molecule has 1 aromatic rings. The van der Waals surface area contributed by atoms with Crippen LogP contribution in [0.3, 0.4) is 0 Å². The number of hydrogen-bond donors (Lipinski definition) is 3. The molecule has 88 valence electrons. The Kier molecular flexibility index (Phi) is 4.95. The SMILES string of the molecule is CC(NCCCO)c1cccc(C(=O)O)c1. The fourth-order valence-corrected chi connectivity index (χ4v) is 1.46. The number of carboxylic acids is 1. The van der Waals surface area contributed by atoms with Gasteiger partial charge in [0.2, 0.25) is 0 Å². The van der Waals surface area contributed by atoms with Crippen LogP contribution in [0, 0.1) is 0 Å². The Labute approximate surface area is 94.9 Å². The van der Waals surface area contributed by atoms with E-state index in [1.54, 1.807) is 18.2 Å². The summed E-state index contributed by atoms with van der Waals surface area (Å²) in [5.74, 6) is -0.913. The van der Waals surface area contributed by atoms with Crippen LogP contribution >= 0.6 is 0 Å². The minimum Gasteiger partial charge on any atom is -0.478 e. The summed E-state index contributed by atoms with van der Waals surface area (Å²) in [5.41, 5.74) is 1.24. The lowest BCUT2D eigenvalue weighted by Crippen LogP contribution is -2.20. The molecule has 0 saturated heterocycles. The monoisotopic (exact) mass is 223 g/mol. The highest BCUT2D eigenvalue weighted by Gasteiger charge is 2.07. The number of nitrogens with one attached hydrogen (secondary N) is 1. The van der Waals surface area contributed by atoms with Crippen molar-refractivity contribution in [3.05, 3.63) is 35.4 Å². The van der Waals surface area contributed by atoms with Crippen LogP contribution < -0.4 is 5.32 Å². The molecule has 1 aromatic carbocycles. The molecular formula is C12H17NO3. The summed E-state index contributed by atoms with van der Waals surface area (Å²) in [7, 11) is 0. The van der Waals surface area contributed by atoms with Gasteiger partial charge in [0, 0.05) is 12.6 Å². The van der Waals surface area contributed by atoms with Crippen molar-refractivity contribution in [3.63, 3.8) is 0 Å². The zero-order chi connectivity index (χ0) is 12.0. The van der Waals surface area contributed by atoms with Gasteiger partial charge in [-0.25, -0.2) is 4.79 Å². The second kappa shape index (κ2) is 6.25. The number of rotatable bonds is 6. The topological polar surface area (TPSA) is 69.6 Å². The van der Waals surface area contributed by atoms with Gasteiger partial charge < -0.3 is 15.5 Å². The number of carbonyl (C=O) groups is 1. The fourth-order valence-electron chi connectivity index (χ4n) is 1.46. The Hall–Kier alpha value is -1.39. The Morgan fingerprint density at radius 3 is 2.88 bits per heavy atom. The van der Waals surface area contributed by atoms with E-state index in [0.29, 0.717) is 12.0 Å². The molecular weight excluding hydrogens is 206 g/mol. The van der Waals surface area contributed by atoms with Crippen LogP contribution in [0.2, 0.25) is 0 Å². The minimum absolute atomic E-state index is 0.0887. The van der Waals surface area contributed by atoms with Crippen molar-refractivity contribution in [2.75, 3.05) is 13.2 Å². The second-order valence-corrected chi connectivity index (χ2v) is 3.68. The Balaban J connectivity index is 2.64. The van der Waals surface area contributed by atoms with Crippen LogP contribution in [0.4, 0.5) is 0 Å². The average molecular weight is 223 g/mol. The van der Waals surface area contributed by atoms with Gasteiger partial charge in [0.25, 0.3) is 0 Å². The third-order valence-electron chi connectivity index (χ3n) is 2.42. The Bertz CT molecular complexity index is 352. The summed E-state index contributed by atoms with van der Waals surface area (Å²) in [4.78, 5) is 10.8. The zero-order valence-corrected chi connectivity index (χ0v) is 9.31. The molecule has 0 heterocycles. The smallest absolute Gasteiger partial charge is 0.335 e. The number of carboxylic acid groups (broad SMARTS) is 1. The quantitative estimate of drug-likeness (QED) is 0.638. The summed E-state index contributed by atoms with van der Waals surface area (Å²) in [6.07, 6.45) is 0.697. The maximum absolute atomic E-state index is 10.8. The van der Waals surface area contributed by atoms with E-state index in [0.717, 1.165) is 12.1 Å². The highest BCUT2D eigenvalue weighted by molar-refractivity contribution is 5.87. The van der Waals surface area contributed by atoms with E-state index < -0.39 is 5.97 Å². The second-order valence-electron chi connectivity index (χ2n) is 3.68. The summed E-state index contributed by atoms with van der Waals surface area (Å²) in [6.45, 7) is 2.85. The van der Waals surface area contributed by atoms with Crippen molar-refractivity contribution in [2.24, 2.45) is 0 Å². The molecule has 4 heteroatoms. The first-order valence-corrected chi connectivity index (χ1v) is 5.32. The molecule has 1 unspecified atom stereocenters. The molecule has 3 N–H and O–H groups in total. The first-order valence-electron chi connectivity index (χ1n) is 5.32. The molecule has 4 nitrogen and oxygen atoms in total. The van der Waals surface area contributed by atoms with E-state index in [2.05, 4.69) is 5.32 Å². The van der Waals surface area contributed by atoms with Gasteiger partial charge in [-0.2, -0.15) is 0 Å². The molecule has 0 radical (unpaired) electrons. The molecule has 0 bridgehead atoms. The number of aliphatic hydroxyl groups is 1. The van der Waals surface area contributed by atoms with Gasteiger partial charge in [-0.05, 0) is 37.6 Å². The standard InChI is InChI=1S/C12H17NO3/c1-9(13-6-3-7-14)10-4-2-5-11(8-10)12(15)16/h2,4-5,8-9,13-14H,3,6-7H2,1H3,(H,15,16).